The van der Waals surface area contributed by atoms with Gasteiger partial charge in [-0.05, 0) is 11.8 Å². The summed E-state index contributed by atoms with van der Waals surface area (Å²) in [5, 5.41) is 0. The smallest absolute Gasteiger partial charge is 0.237 e. The van der Waals surface area contributed by atoms with Gasteiger partial charge in [-0.2, -0.15) is 0 Å². The van der Waals surface area contributed by atoms with Crippen LogP contribution in [0.15, 0.2) is 0 Å². The maximum absolute atomic E-state index is 11.8. The van der Waals surface area contributed by atoms with Crippen molar-refractivity contribution >= 4 is 28.3 Å². The van der Waals surface area contributed by atoms with E-state index in [-0.39, 0.29) is 23.2 Å². The van der Waals surface area contributed by atoms with Crippen LogP contribution in [0.2, 0.25) is 0 Å². The van der Waals surface area contributed by atoms with Gasteiger partial charge in [0.05, 0.1) is 0 Å². The highest BCUT2D eigenvalue weighted by atomic mass is 35.5. The molecule has 0 aromatic rings. The summed E-state index contributed by atoms with van der Waals surface area (Å²) in [6.07, 6.45) is 0.839. The van der Waals surface area contributed by atoms with Gasteiger partial charge in [-0.15, -0.1) is 11.6 Å². The number of halogens is 1. The van der Waals surface area contributed by atoms with Crippen LogP contribution in [0.1, 0.15) is 54.9 Å². The summed E-state index contributed by atoms with van der Waals surface area (Å²) in [4.78, 5) is 13.6. The molecule has 122 valence electrons. The molecular weight excluding hydrogens is 294 g/mol. The molecule has 1 aliphatic heterocycles. The summed E-state index contributed by atoms with van der Waals surface area (Å²) in [5.74, 6) is 1.29. The van der Waals surface area contributed by atoms with Gasteiger partial charge < -0.3 is 4.90 Å². The Hall–Kier alpha value is -0.0900. The number of carbonyl (C=O) groups excluding carboxylic acids is 1. The predicted octanol–water partition coefficient (Wildman–Crippen LogP) is 3.67. The number of hydrogen-bond donors (Lipinski definition) is 0. The molecule has 0 N–H and O–H groups in total. The molecule has 1 fully saturated rings. The van der Waals surface area contributed by atoms with Crippen molar-refractivity contribution in [3.63, 3.8) is 0 Å². The van der Waals surface area contributed by atoms with Crippen molar-refractivity contribution in [1.29, 1.82) is 0 Å². The molecule has 0 bridgehead atoms. The van der Waals surface area contributed by atoms with Crippen molar-refractivity contribution in [3.8, 4) is 0 Å². The average molecular weight is 326 g/mol. The Kier molecular flexibility index (Phi) is 12.8. The van der Waals surface area contributed by atoms with Crippen LogP contribution in [0.3, 0.4) is 0 Å². The highest BCUT2D eigenvalue weighted by Gasteiger charge is 2.32. The molecule has 0 saturated carbocycles. The van der Waals surface area contributed by atoms with Gasteiger partial charge in [-0.1, -0.05) is 48.5 Å². The predicted molar refractivity (Wildman–Crippen MR) is 90.9 cm³/mol. The van der Waals surface area contributed by atoms with Gasteiger partial charge in [0.2, 0.25) is 5.91 Å². The Morgan fingerprint density at radius 3 is 2.05 bits per heavy atom. The summed E-state index contributed by atoms with van der Waals surface area (Å²) in [6.45, 7) is 15.0. The molecule has 1 saturated heterocycles. The van der Waals surface area contributed by atoms with Crippen LogP contribution < -0.4 is 0 Å². The molecule has 20 heavy (non-hydrogen) atoms. The molecule has 1 amide bonds. The normalized spacial score (nSPS) is 21.2. The topological polar surface area (TPSA) is 37.4 Å². The second-order valence-electron chi connectivity index (χ2n) is 5.47. The number of alkyl halides is 1. The van der Waals surface area contributed by atoms with E-state index in [2.05, 4.69) is 20.8 Å². The van der Waals surface area contributed by atoms with Gasteiger partial charge in [-0.3, -0.25) is 9.00 Å². The van der Waals surface area contributed by atoms with Crippen LogP contribution >= 0.6 is 11.6 Å². The molecule has 0 spiro atoms. The largest absolute Gasteiger partial charge is 0.337 e. The van der Waals surface area contributed by atoms with Gasteiger partial charge in [0.1, 0.15) is 5.88 Å². The van der Waals surface area contributed by atoms with Crippen molar-refractivity contribution in [2.24, 2.45) is 5.41 Å². The molecular formula is C15H32ClNO2S. The maximum atomic E-state index is 11.8. The quantitative estimate of drug-likeness (QED) is 0.742. The third-order valence-corrected chi connectivity index (χ3v) is 4.25. The monoisotopic (exact) mass is 325 g/mol. The first-order valence-corrected chi connectivity index (χ1v) is 9.56. The van der Waals surface area contributed by atoms with E-state index >= 15 is 0 Å². The molecule has 1 heterocycles. The Balaban J connectivity index is 0. The van der Waals surface area contributed by atoms with Crippen molar-refractivity contribution < 1.29 is 9.00 Å². The standard InChI is InChI=1S/C11H20ClNO2S.2C2H6/c1-11(2,3)8-13(10(14)6-12)9-4-5-16(15)7-9;2*1-2/h9H,4-8H2,1-3H3;2*1-2H3. The third-order valence-electron chi connectivity index (χ3n) is 2.58. The summed E-state index contributed by atoms with van der Waals surface area (Å²) in [5.41, 5.74) is 0.0474. The summed E-state index contributed by atoms with van der Waals surface area (Å²) < 4.78 is 11.4. The molecule has 1 aliphatic rings. The third kappa shape index (κ3) is 8.96. The van der Waals surface area contributed by atoms with E-state index < -0.39 is 10.8 Å². The first-order valence-electron chi connectivity index (χ1n) is 7.54. The van der Waals surface area contributed by atoms with Crippen LogP contribution in [-0.2, 0) is 15.6 Å². The van der Waals surface area contributed by atoms with E-state index in [1.165, 1.54) is 0 Å². The molecule has 0 aromatic heterocycles. The lowest BCUT2D eigenvalue weighted by atomic mass is 9.95. The minimum atomic E-state index is -0.757. The SMILES string of the molecule is CC.CC.CC(C)(C)CN(C(=O)CCl)C1CCS(=O)C1. The van der Waals surface area contributed by atoms with Crippen LogP contribution in [0.4, 0.5) is 0 Å². The van der Waals surface area contributed by atoms with Gasteiger partial charge >= 0.3 is 0 Å². The molecule has 2 atom stereocenters. The zero-order chi connectivity index (χ0) is 16.3. The first kappa shape index (κ1) is 22.2. The van der Waals surface area contributed by atoms with Crippen LogP contribution in [-0.4, -0.2) is 45.0 Å². The molecule has 5 heteroatoms. The lowest BCUT2D eigenvalue weighted by molar-refractivity contribution is -0.131. The minimum absolute atomic E-state index is 0.0131. The highest BCUT2D eigenvalue weighted by molar-refractivity contribution is 7.85. The van der Waals surface area contributed by atoms with E-state index in [0.717, 1.165) is 6.42 Å². The Labute approximate surface area is 132 Å². The Morgan fingerprint density at radius 2 is 1.75 bits per heavy atom. The maximum Gasteiger partial charge on any atom is 0.237 e. The average Bonchev–Trinajstić information content (AvgIpc) is 2.85. The molecule has 0 radical (unpaired) electrons. The molecule has 2 unspecified atom stereocenters. The summed E-state index contributed by atoms with van der Waals surface area (Å²) in [7, 11) is -0.757. The van der Waals surface area contributed by atoms with E-state index in [1.54, 1.807) is 0 Å². The lowest BCUT2D eigenvalue weighted by Gasteiger charge is -2.33. The fourth-order valence-electron chi connectivity index (χ4n) is 1.90. The van der Waals surface area contributed by atoms with E-state index in [1.807, 2.05) is 32.6 Å². The van der Waals surface area contributed by atoms with Crippen molar-refractivity contribution in [2.45, 2.75) is 60.9 Å². The second kappa shape index (κ2) is 11.6. The van der Waals surface area contributed by atoms with E-state index in [0.29, 0.717) is 18.1 Å². The molecule has 0 aromatic carbocycles. The Bertz CT molecular complexity index is 290. The summed E-state index contributed by atoms with van der Waals surface area (Å²) in [6, 6.07) is 0.117. The number of nitrogens with zero attached hydrogens (tertiary/aromatic N) is 1. The van der Waals surface area contributed by atoms with Crippen LogP contribution in [0, 0.1) is 5.41 Å². The Morgan fingerprint density at radius 1 is 1.25 bits per heavy atom. The lowest BCUT2D eigenvalue weighted by Crippen LogP contribution is -2.45. The molecule has 3 nitrogen and oxygen atoms in total. The molecule has 1 rings (SSSR count). The van der Waals surface area contributed by atoms with Gasteiger partial charge in [0.25, 0.3) is 0 Å². The van der Waals surface area contributed by atoms with Gasteiger partial charge in [-0.25, -0.2) is 0 Å². The number of amides is 1. The molecule has 0 aliphatic carbocycles. The van der Waals surface area contributed by atoms with Gasteiger partial charge in [0.15, 0.2) is 0 Å². The minimum Gasteiger partial charge on any atom is -0.337 e. The zero-order valence-electron chi connectivity index (χ0n) is 14.2. The zero-order valence-corrected chi connectivity index (χ0v) is 15.7. The first-order chi connectivity index (χ1) is 9.33. The van der Waals surface area contributed by atoms with Crippen LogP contribution in [0.25, 0.3) is 0 Å². The number of hydrogen-bond acceptors (Lipinski definition) is 2. The summed E-state index contributed by atoms with van der Waals surface area (Å²) >= 11 is 5.62. The van der Waals surface area contributed by atoms with Crippen LogP contribution in [0.5, 0.6) is 0 Å². The van der Waals surface area contributed by atoms with Crippen molar-refractivity contribution in [3.05, 3.63) is 0 Å². The van der Waals surface area contributed by atoms with Crippen molar-refractivity contribution in [1.82, 2.24) is 4.90 Å². The van der Waals surface area contributed by atoms with E-state index in [4.69, 9.17) is 11.6 Å². The highest BCUT2D eigenvalue weighted by Crippen LogP contribution is 2.22. The fraction of sp³-hybridized carbons (Fsp3) is 0.933. The number of rotatable bonds is 3. The van der Waals surface area contributed by atoms with Gasteiger partial charge in [0, 0.05) is 34.9 Å². The fourth-order valence-corrected chi connectivity index (χ4v) is 3.53. The second-order valence-corrected chi connectivity index (χ2v) is 7.36. The van der Waals surface area contributed by atoms with E-state index in [9.17, 15) is 9.00 Å². The number of carbonyl (C=O) groups is 1. The van der Waals surface area contributed by atoms with Crippen molar-refractivity contribution in [2.75, 3.05) is 23.9 Å².